The van der Waals surface area contributed by atoms with Gasteiger partial charge in [-0.05, 0) is 49.6 Å². The van der Waals surface area contributed by atoms with Crippen LogP contribution in [0.15, 0.2) is 24.3 Å². The molecule has 0 saturated carbocycles. The molecule has 0 radical (unpaired) electrons. The number of hydrogen-bond acceptors (Lipinski definition) is 3. The number of rotatable bonds is 2. The Labute approximate surface area is 132 Å². The van der Waals surface area contributed by atoms with Crippen molar-refractivity contribution in [2.24, 2.45) is 0 Å². The van der Waals surface area contributed by atoms with Gasteiger partial charge < -0.3 is 10.7 Å². The van der Waals surface area contributed by atoms with Crippen molar-refractivity contribution in [3.8, 4) is 11.4 Å². The van der Waals surface area contributed by atoms with Crippen LogP contribution in [0.4, 0.5) is 5.69 Å². The Bertz CT molecular complexity index is 904. The highest BCUT2D eigenvalue weighted by atomic mass is 32.1. The maximum Gasteiger partial charge on any atom is 0.140 e. The number of nitrogens with zero attached hydrogens (tertiary/aromatic N) is 1. The molecule has 5 heteroatoms. The van der Waals surface area contributed by atoms with Gasteiger partial charge in [0, 0.05) is 16.5 Å². The van der Waals surface area contributed by atoms with E-state index in [4.69, 9.17) is 5.73 Å². The smallest absolute Gasteiger partial charge is 0.140 e. The Morgan fingerprint density at radius 3 is 2.55 bits per heavy atom. The SMILES string of the molecule is Cc1c(C)c(C=S=O)c(N)c(-c2nc3ccccc3[nH]2)c1C. The normalized spacial score (nSPS) is 10.9. The maximum atomic E-state index is 11.0. The molecule has 22 heavy (non-hydrogen) atoms. The summed E-state index contributed by atoms with van der Waals surface area (Å²) in [4.78, 5) is 7.96. The topological polar surface area (TPSA) is 71.8 Å². The first-order valence-corrected chi connectivity index (χ1v) is 7.81. The third-order valence-corrected chi connectivity index (χ3v) is 4.59. The van der Waals surface area contributed by atoms with Crippen LogP contribution >= 0.6 is 0 Å². The lowest BCUT2D eigenvalue weighted by molar-refractivity contribution is 0.701. The second-order valence-corrected chi connectivity index (χ2v) is 5.82. The summed E-state index contributed by atoms with van der Waals surface area (Å²) in [6.45, 7) is 6.07. The second-order valence-electron chi connectivity index (χ2n) is 5.39. The number of fused-ring (bicyclic) bond motifs is 1. The molecule has 0 spiro atoms. The minimum absolute atomic E-state index is 0.421. The number of para-hydroxylation sites is 2. The minimum Gasteiger partial charge on any atom is -0.398 e. The zero-order valence-corrected chi connectivity index (χ0v) is 13.5. The lowest BCUT2D eigenvalue weighted by atomic mass is 9.92. The van der Waals surface area contributed by atoms with E-state index in [9.17, 15) is 4.21 Å². The summed E-state index contributed by atoms with van der Waals surface area (Å²) >= 11 is 0.421. The van der Waals surface area contributed by atoms with Gasteiger partial charge in [-0.1, -0.05) is 12.1 Å². The van der Waals surface area contributed by atoms with Crippen LogP contribution in [0.5, 0.6) is 0 Å². The summed E-state index contributed by atoms with van der Waals surface area (Å²) in [7, 11) is 0. The first-order chi connectivity index (χ1) is 10.5. The van der Waals surface area contributed by atoms with Crippen molar-refractivity contribution in [2.45, 2.75) is 20.8 Å². The van der Waals surface area contributed by atoms with Gasteiger partial charge in [0.25, 0.3) is 0 Å². The fourth-order valence-corrected chi connectivity index (χ4v) is 3.19. The molecule has 0 saturated heterocycles. The molecule has 0 atom stereocenters. The molecule has 1 aromatic heterocycles. The number of nitrogens with one attached hydrogen (secondary N) is 1. The zero-order chi connectivity index (χ0) is 15.9. The second kappa shape index (κ2) is 5.42. The molecular formula is C17H17N3OS. The fourth-order valence-electron chi connectivity index (χ4n) is 2.79. The first-order valence-electron chi connectivity index (χ1n) is 7.00. The van der Waals surface area contributed by atoms with Crippen LogP contribution in [0, 0.1) is 20.8 Å². The largest absolute Gasteiger partial charge is 0.398 e. The molecular weight excluding hydrogens is 294 g/mol. The van der Waals surface area contributed by atoms with E-state index in [1.165, 1.54) is 0 Å². The molecule has 112 valence electrons. The number of benzene rings is 2. The minimum atomic E-state index is 0.421. The Morgan fingerprint density at radius 2 is 1.86 bits per heavy atom. The number of imidazole rings is 1. The summed E-state index contributed by atoms with van der Waals surface area (Å²) in [6.07, 6.45) is 0. The number of hydrogen-bond donors (Lipinski definition) is 2. The van der Waals surface area contributed by atoms with Crippen molar-refractivity contribution < 1.29 is 4.21 Å². The van der Waals surface area contributed by atoms with Crippen LogP contribution in [0.25, 0.3) is 22.4 Å². The first kappa shape index (κ1) is 14.5. The summed E-state index contributed by atoms with van der Waals surface area (Å²) in [5.74, 6) is 0.741. The lowest BCUT2D eigenvalue weighted by Crippen LogP contribution is -2.05. The zero-order valence-electron chi connectivity index (χ0n) is 12.7. The summed E-state index contributed by atoms with van der Waals surface area (Å²) < 4.78 is 11.0. The molecule has 4 nitrogen and oxygen atoms in total. The van der Waals surface area contributed by atoms with Gasteiger partial charge in [-0.25, -0.2) is 9.19 Å². The number of nitrogen functional groups attached to an aromatic ring is 1. The van der Waals surface area contributed by atoms with Gasteiger partial charge in [-0.2, -0.15) is 0 Å². The molecule has 0 fully saturated rings. The van der Waals surface area contributed by atoms with E-state index in [0.717, 1.165) is 44.7 Å². The van der Waals surface area contributed by atoms with Gasteiger partial charge in [0.1, 0.15) is 5.82 Å². The average Bonchev–Trinajstić information content (AvgIpc) is 2.93. The van der Waals surface area contributed by atoms with E-state index < -0.39 is 0 Å². The summed E-state index contributed by atoms with van der Waals surface area (Å²) in [5, 5.41) is 1.56. The highest BCUT2D eigenvalue weighted by molar-refractivity contribution is 7.65. The highest BCUT2D eigenvalue weighted by Gasteiger charge is 2.18. The number of aromatic amines is 1. The Balaban J connectivity index is 2.37. The quantitative estimate of drug-likeness (QED) is 0.564. The molecule has 3 aromatic rings. The Kier molecular flexibility index (Phi) is 3.58. The van der Waals surface area contributed by atoms with Crippen LogP contribution in [0.3, 0.4) is 0 Å². The van der Waals surface area contributed by atoms with Gasteiger partial charge in [-0.3, -0.25) is 0 Å². The standard InChI is InChI=1S/C17H17N3OS/c1-9-10(2)12(8-22-21)16(18)15(11(9)3)17-19-13-6-4-5-7-14(13)20-17/h4-8H,18H2,1-3H3,(H,19,20). The van der Waals surface area contributed by atoms with Crippen LogP contribution in [-0.4, -0.2) is 19.5 Å². The molecule has 2 aromatic carbocycles. The van der Waals surface area contributed by atoms with Crippen molar-refractivity contribution >= 4 is 33.3 Å². The molecule has 0 aliphatic carbocycles. The Hall–Kier alpha value is -2.40. The average molecular weight is 311 g/mol. The maximum absolute atomic E-state index is 11.0. The van der Waals surface area contributed by atoms with Gasteiger partial charge in [-0.15, -0.1) is 0 Å². The highest BCUT2D eigenvalue weighted by Crippen LogP contribution is 2.35. The van der Waals surface area contributed by atoms with Gasteiger partial charge in [0.2, 0.25) is 0 Å². The lowest BCUT2D eigenvalue weighted by Gasteiger charge is -2.16. The fraction of sp³-hybridized carbons (Fsp3) is 0.176. The predicted octanol–water partition coefficient (Wildman–Crippen LogP) is 3.10. The van der Waals surface area contributed by atoms with Crippen molar-refractivity contribution in [3.05, 3.63) is 46.5 Å². The van der Waals surface area contributed by atoms with E-state index in [1.54, 1.807) is 5.37 Å². The number of anilines is 1. The number of H-pyrrole nitrogens is 1. The van der Waals surface area contributed by atoms with Crippen molar-refractivity contribution in [2.75, 3.05) is 5.73 Å². The van der Waals surface area contributed by atoms with Gasteiger partial charge in [0.15, 0.2) is 0 Å². The number of nitrogens with two attached hydrogens (primary N) is 1. The molecule has 0 unspecified atom stereocenters. The van der Waals surface area contributed by atoms with Crippen LogP contribution in [0.2, 0.25) is 0 Å². The van der Waals surface area contributed by atoms with Crippen LogP contribution in [0.1, 0.15) is 22.3 Å². The van der Waals surface area contributed by atoms with Crippen molar-refractivity contribution in [3.63, 3.8) is 0 Å². The van der Waals surface area contributed by atoms with E-state index in [-0.39, 0.29) is 0 Å². The molecule has 1 heterocycles. The van der Waals surface area contributed by atoms with E-state index in [0.29, 0.717) is 16.9 Å². The van der Waals surface area contributed by atoms with Gasteiger partial charge in [0.05, 0.1) is 28.0 Å². The van der Waals surface area contributed by atoms with E-state index in [1.807, 2.05) is 45.0 Å². The van der Waals surface area contributed by atoms with E-state index >= 15 is 0 Å². The molecule has 0 amide bonds. The van der Waals surface area contributed by atoms with Crippen LogP contribution in [-0.2, 0) is 11.3 Å². The van der Waals surface area contributed by atoms with Crippen molar-refractivity contribution in [1.29, 1.82) is 0 Å². The summed E-state index contributed by atoms with van der Waals surface area (Å²) in [5.41, 5.74) is 13.7. The summed E-state index contributed by atoms with van der Waals surface area (Å²) in [6, 6.07) is 7.87. The predicted molar refractivity (Wildman–Crippen MR) is 93.5 cm³/mol. The van der Waals surface area contributed by atoms with E-state index in [2.05, 4.69) is 9.97 Å². The van der Waals surface area contributed by atoms with Crippen LogP contribution < -0.4 is 5.73 Å². The molecule has 0 aliphatic rings. The molecule has 0 aliphatic heterocycles. The van der Waals surface area contributed by atoms with Gasteiger partial charge >= 0.3 is 0 Å². The third-order valence-electron chi connectivity index (χ3n) is 4.26. The Morgan fingerprint density at radius 1 is 1.14 bits per heavy atom. The molecule has 3 rings (SSSR count). The molecule has 3 N–H and O–H groups in total. The monoisotopic (exact) mass is 311 g/mol. The van der Waals surface area contributed by atoms with Crippen molar-refractivity contribution in [1.82, 2.24) is 9.97 Å². The third kappa shape index (κ3) is 2.14. The molecule has 0 bridgehead atoms. The number of aromatic nitrogens is 2.